The number of aromatic nitrogens is 2. The highest BCUT2D eigenvalue weighted by Crippen LogP contribution is 2.25. The molecule has 5 aromatic rings. The number of nitrogens with zero attached hydrogens (tertiary/aromatic N) is 2. The standard InChI is InChI=1S/C30H27N5O3.2ClH/c1-35-26-14-13-22(17-25(26)34-29(35)21-11-9-20(10-12-21)28(31)32)30(37)33-16-15-27(36)38-18-23-7-4-6-19-5-2-3-8-24(19)23;;/h2-14,17H,15-16,18H2,1H3,(H3,31,32)(H,33,37);2*1H. The molecule has 8 nitrogen and oxygen atoms in total. The fourth-order valence-corrected chi connectivity index (χ4v) is 4.43. The molecule has 1 aromatic heterocycles. The van der Waals surface area contributed by atoms with Crippen molar-refractivity contribution in [3.8, 4) is 11.4 Å². The van der Waals surface area contributed by atoms with Crippen LogP contribution in [0.4, 0.5) is 0 Å². The Balaban J connectivity index is 0.00000220. The monoisotopic (exact) mass is 577 g/mol. The first-order chi connectivity index (χ1) is 18.4. The zero-order chi connectivity index (χ0) is 26.6. The number of nitrogen functional groups attached to an aromatic ring is 1. The number of esters is 1. The second-order valence-corrected chi connectivity index (χ2v) is 8.99. The summed E-state index contributed by atoms with van der Waals surface area (Å²) >= 11 is 0. The van der Waals surface area contributed by atoms with Crippen LogP contribution >= 0.6 is 24.8 Å². The van der Waals surface area contributed by atoms with E-state index in [1.54, 1.807) is 24.3 Å². The third-order valence-corrected chi connectivity index (χ3v) is 6.48. The van der Waals surface area contributed by atoms with Gasteiger partial charge in [-0.3, -0.25) is 15.0 Å². The van der Waals surface area contributed by atoms with Crippen molar-refractivity contribution in [3.63, 3.8) is 0 Å². The third kappa shape index (κ3) is 6.42. The van der Waals surface area contributed by atoms with Gasteiger partial charge in [0.15, 0.2) is 0 Å². The van der Waals surface area contributed by atoms with Crippen LogP contribution in [0, 0.1) is 5.41 Å². The summed E-state index contributed by atoms with van der Waals surface area (Å²) in [5.41, 5.74) is 10.0. The van der Waals surface area contributed by atoms with Crippen molar-refractivity contribution in [2.24, 2.45) is 12.8 Å². The first-order valence-electron chi connectivity index (χ1n) is 12.2. The minimum absolute atomic E-state index is 0. The lowest BCUT2D eigenvalue weighted by Crippen LogP contribution is -2.26. The van der Waals surface area contributed by atoms with Gasteiger partial charge in [-0.05, 0) is 34.5 Å². The number of fused-ring (bicyclic) bond motifs is 2. The number of carbonyl (C=O) groups is 2. The predicted molar refractivity (Wildman–Crippen MR) is 162 cm³/mol. The first kappa shape index (κ1) is 30.1. The number of hydrogen-bond donors (Lipinski definition) is 3. The van der Waals surface area contributed by atoms with E-state index in [9.17, 15) is 9.59 Å². The van der Waals surface area contributed by atoms with Crippen molar-refractivity contribution in [1.29, 1.82) is 5.41 Å². The Labute approximate surface area is 243 Å². The van der Waals surface area contributed by atoms with Gasteiger partial charge < -0.3 is 20.4 Å². The number of nitrogens with two attached hydrogens (primary N) is 1. The highest BCUT2D eigenvalue weighted by Gasteiger charge is 2.14. The van der Waals surface area contributed by atoms with E-state index < -0.39 is 0 Å². The van der Waals surface area contributed by atoms with E-state index in [0.29, 0.717) is 16.6 Å². The van der Waals surface area contributed by atoms with Gasteiger partial charge in [0.05, 0.1) is 17.5 Å². The highest BCUT2D eigenvalue weighted by atomic mass is 35.5. The van der Waals surface area contributed by atoms with Crippen LogP contribution < -0.4 is 11.1 Å². The first-order valence-corrected chi connectivity index (χ1v) is 12.2. The normalized spacial score (nSPS) is 10.4. The van der Waals surface area contributed by atoms with Crippen molar-refractivity contribution in [2.75, 3.05) is 6.54 Å². The number of imidazole rings is 1. The SMILES string of the molecule is Cl.Cl.Cn1c(-c2ccc(C(=N)N)cc2)nc2cc(C(=O)NCCC(=O)OCc3cccc4ccccc34)ccc21. The predicted octanol–water partition coefficient (Wildman–Crippen LogP) is 5.38. The van der Waals surface area contributed by atoms with Gasteiger partial charge in [-0.2, -0.15) is 0 Å². The smallest absolute Gasteiger partial charge is 0.307 e. The second-order valence-electron chi connectivity index (χ2n) is 8.99. The molecule has 0 radical (unpaired) electrons. The maximum absolute atomic E-state index is 12.7. The molecule has 0 saturated carbocycles. The Bertz CT molecular complexity index is 1680. The van der Waals surface area contributed by atoms with E-state index in [2.05, 4.69) is 5.32 Å². The fraction of sp³-hybridized carbons (Fsp3) is 0.133. The summed E-state index contributed by atoms with van der Waals surface area (Å²) in [7, 11) is 1.91. The van der Waals surface area contributed by atoms with E-state index in [1.807, 2.05) is 72.3 Å². The molecular weight excluding hydrogens is 549 g/mol. The van der Waals surface area contributed by atoms with Gasteiger partial charge in [0.25, 0.3) is 5.91 Å². The second kappa shape index (κ2) is 13.1. The van der Waals surface area contributed by atoms with Crippen molar-refractivity contribution < 1.29 is 14.3 Å². The molecule has 1 amide bonds. The van der Waals surface area contributed by atoms with Crippen molar-refractivity contribution >= 4 is 64.3 Å². The Morgan fingerprint density at radius 3 is 2.40 bits per heavy atom. The zero-order valence-corrected chi connectivity index (χ0v) is 23.4. The lowest BCUT2D eigenvalue weighted by Gasteiger charge is -2.09. The number of aryl methyl sites for hydroxylation is 1. The van der Waals surface area contributed by atoms with Gasteiger partial charge >= 0.3 is 5.97 Å². The Morgan fingerprint density at radius 2 is 1.65 bits per heavy atom. The molecule has 0 spiro atoms. The van der Waals surface area contributed by atoms with E-state index >= 15 is 0 Å². The van der Waals surface area contributed by atoms with Gasteiger partial charge in [-0.15, -0.1) is 24.8 Å². The summed E-state index contributed by atoms with van der Waals surface area (Å²) in [6.07, 6.45) is 0.0722. The minimum Gasteiger partial charge on any atom is -0.461 e. The topological polar surface area (TPSA) is 123 Å². The number of ether oxygens (including phenoxy) is 1. The minimum atomic E-state index is -0.376. The molecule has 1 heterocycles. The van der Waals surface area contributed by atoms with Crippen LogP contribution in [0.3, 0.4) is 0 Å². The number of nitrogens with one attached hydrogen (secondary N) is 2. The summed E-state index contributed by atoms with van der Waals surface area (Å²) in [6, 6.07) is 26.5. The van der Waals surface area contributed by atoms with Gasteiger partial charge in [0.1, 0.15) is 18.3 Å². The van der Waals surface area contributed by atoms with Crippen molar-refractivity contribution in [1.82, 2.24) is 14.9 Å². The molecule has 0 aliphatic rings. The van der Waals surface area contributed by atoms with E-state index in [0.717, 1.165) is 33.2 Å². The molecule has 0 bridgehead atoms. The molecule has 206 valence electrons. The molecule has 40 heavy (non-hydrogen) atoms. The summed E-state index contributed by atoms with van der Waals surface area (Å²) < 4.78 is 7.39. The number of benzene rings is 4. The number of amidine groups is 1. The Hall–Kier alpha value is -4.40. The van der Waals surface area contributed by atoms with Crippen LogP contribution in [0.5, 0.6) is 0 Å². The summed E-state index contributed by atoms with van der Waals surface area (Å²) in [5, 5.41) is 12.5. The van der Waals surface area contributed by atoms with Crippen LogP contribution in [0.2, 0.25) is 0 Å². The number of carbonyl (C=O) groups excluding carboxylic acids is 2. The highest BCUT2D eigenvalue weighted by molar-refractivity contribution is 5.98. The number of amides is 1. The van der Waals surface area contributed by atoms with Crippen LogP contribution in [0.25, 0.3) is 33.2 Å². The average Bonchev–Trinajstić information content (AvgIpc) is 3.27. The molecule has 0 unspecified atom stereocenters. The summed E-state index contributed by atoms with van der Waals surface area (Å²) in [6.45, 7) is 0.353. The van der Waals surface area contributed by atoms with Crippen molar-refractivity contribution in [2.45, 2.75) is 13.0 Å². The van der Waals surface area contributed by atoms with Crippen molar-refractivity contribution in [3.05, 3.63) is 102 Å². The lowest BCUT2D eigenvalue weighted by atomic mass is 10.1. The van der Waals surface area contributed by atoms with Crippen LogP contribution in [0.15, 0.2) is 84.9 Å². The Morgan fingerprint density at radius 1 is 0.950 bits per heavy atom. The summed E-state index contributed by atoms with van der Waals surface area (Å²) in [5.74, 6) is 0.0856. The van der Waals surface area contributed by atoms with Gasteiger partial charge in [0, 0.05) is 30.3 Å². The van der Waals surface area contributed by atoms with Crippen LogP contribution in [0.1, 0.15) is 27.9 Å². The largest absolute Gasteiger partial charge is 0.461 e. The number of rotatable bonds is 8. The average molecular weight is 579 g/mol. The molecule has 4 aromatic carbocycles. The molecule has 0 atom stereocenters. The van der Waals surface area contributed by atoms with E-state index in [1.165, 1.54) is 0 Å². The fourth-order valence-electron chi connectivity index (χ4n) is 4.43. The molecule has 10 heteroatoms. The number of halogens is 2. The molecule has 0 saturated heterocycles. The molecule has 0 fully saturated rings. The lowest BCUT2D eigenvalue weighted by molar-refractivity contribution is -0.144. The quantitative estimate of drug-likeness (QED) is 0.130. The molecular formula is C30H29Cl2N5O3. The van der Waals surface area contributed by atoms with Crippen LogP contribution in [-0.2, 0) is 23.2 Å². The molecule has 4 N–H and O–H groups in total. The van der Waals surface area contributed by atoms with Gasteiger partial charge in [-0.1, -0.05) is 66.7 Å². The maximum Gasteiger partial charge on any atom is 0.307 e. The van der Waals surface area contributed by atoms with Crippen LogP contribution in [-0.4, -0.2) is 33.8 Å². The van der Waals surface area contributed by atoms with Gasteiger partial charge in [0.2, 0.25) is 0 Å². The maximum atomic E-state index is 12.7. The molecule has 0 aliphatic heterocycles. The Kier molecular flexibility index (Phi) is 9.87. The van der Waals surface area contributed by atoms with E-state index in [4.69, 9.17) is 20.9 Å². The third-order valence-electron chi connectivity index (χ3n) is 6.48. The zero-order valence-electron chi connectivity index (χ0n) is 21.7. The molecule has 0 aliphatic carbocycles. The summed E-state index contributed by atoms with van der Waals surface area (Å²) in [4.78, 5) is 29.7. The number of hydrogen-bond acceptors (Lipinski definition) is 5. The van der Waals surface area contributed by atoms with Gasteiger partial charge in [-0.25, -0.2) is 4.98 Å². The van der Waals surface area contributed by atoms with E-state index in [-0.39, 0.29) is 62.1 Å². The molecule has 5 rings (SSSR count).